The summed E-state index contributed by atoms with van der Waals surface area (Å²) >= 11 is 0. The van der Waals surface area contributed by atoms with Crippen molar-refractivity contribution in [2.24, 2.45) is 0 Å². The highest BCUT2D eigenvalue weighted by atomic mass is 16.1. The van der Waals surface area contributed by atoms with Crippen LogP contribution in [0.15, 0.2) is 18.2 Å². The van der Waals surface area contributed by atoms with E-state index in [1.807, 2.05) is 19.9 Å². The lowest BCUT2D eigenvalue weighted by molar-refractivity contribution is 0.0929. The minimum Gasteiger partial charge on any atom is -0.351 e. The predicted octanol–water partition coefficient (Wildman–Crippen LogP) is 5.12. The molecule has 1 aromatic carbocycles. The molecule has 2 N–H and O–H groups in total. The Balaban J connectivity index is 0.00000116. The maximum absolute atomic E-state index is 12.3. The van der Waals surface area contributed by atoms with Gasteiger partial charge in [0.2, 0.25) is 0 Å². The Morgan fingerprint density at radius 3 is 2.45 bits per heavy atom. The molecular weight excluding hydrogens is 272 g/mol. The van der Waals surface area contributed by atoms with Gasteiger partial charge in [-0.05, 0) is 49.9 Å². The normalized spacial score (nSPS) is 11.7. The van der Waals surface area contributed by atoms with Gasteiger partial charge in [0.1, 0.15) is 5.69 Å². The minimum atomic E-state index is -0.00134. The van der Waals surface area contributed by atoms with Crippen molar-refractivity contribution < 1.29 is 4.79 Å². The highest BCUT2D eigenvalue weighted by Crippen LogP contribution is 2.21. The highest BCUT2D eigenvalue weighted by Gasteiger charge is 2.14. The Morgan fingerprint density at radius 2 is 1.86 bits per heavy atom. The summed E-state index contributed by atoms with van der Waals surface area (Å²) < 4.78 is 0. The molecule has 1 atom stereocenters. The average Bonchev–Trinajstić information content (AvgIpc) is 2.93. The molecular formula is C19H30N2O. The standard InChI is InChI=1S/C17H24N2O.C2H6/c1-5-7-13(6-2)18-17(20)16-10-14-12(4)8-11(3)9-15(14)19-16;1-2/h8-10,13,19H,5-7H2,1-4H3,(H,18,20);1-2H3. The Kier molecular flexibility index (Phi) is 7.16. The number of H-pyrrole nitrogens is 1. The van der Waals surface area contributed by atoms with Gasteiger partial charge in [-0.1, -0.05) is 40.2 Å². The molecule has 0 saturated heterocycles. The molecule has 0 bridgehead atoms. The summed E-state index contributed by atoms with van der Waals surface area (Å²) in [4.78, 5) is 15.5. The summed E-state index contributed by atoms with van der Waals surface area (Å²) in [5.74, 6) is -0.00134. The van der Waals surface area contributed by atoms with Crippen LogP contribution in [-0.2, 0) is 0 Å². The number of rotatable bonds is 5. The quantitative estimate of drug-likeness (QED) is 0.791. The predicted molar refractivity (Wildman–Crippen MR) is 95.6 cm³/mol. The summed E-state index contributed by atoms with van der Waals surface area (Å²) in [5, 5.41) is 4.24. The molecule has 0 aliphatic heterocycles. The number of fused-ring (bicyclic) bond motifs is 1. The minimum absolute atomic E-state index is 0.00134. The molecule has 1 unspecified atom stereocenters. The van der Waals surface area contributed by atoms with E-state index in [1.165, 1.54) is 11.1 Å². The third-order valence-corrected chi connectivity index (χ3v) is 3.80. The summed E-state index contributed by atoms with van der Waals surface area (Å²) in [6.45, 7) is 12.4. The van der Waals surface area contributed by atoms with Gasteiger partial charge in [0.05, 0.1) is 0 Å². The van der Waals surface area contributed by atoms with Crippen molar-refractivity contribution in [3.63, 3.8) is 0 Å². The van der Waals surface area contributed by atoms with E-state index in [4.69, 9.17) is 0 Å². The lowest BCUT2D eigenvalue weighted by Crippen LogP contribution is -2.34. The molecule has 0 fully saturated rings. The van der Waals surface area contributed by atoms with E-state index in [2.05, 4.69) is 50.1 Å². The van der Waals surface area contributed by atoms with E-state index >= 15 is 0 Å². The monoisotopic (exact) mass is 302 g/mol. The number of benzene rings is 1. The number of aromatic amines is 1. The fourth-order valence-electron chi connectivity index (χ4n) is 2.71. The molecule has 1 amide bonds. The molecule has 0 saturated carbocycles. The van der Waals surface area contributed by atoms with Crippen LogP contribution >= 0.6 is 0 Å². The van der Waals surface area contributed by atoms with E-state index in [1.54, 1.807) is 0 Å². The fraction of sp³-hybridized carbons (Fsp3) is 0.526. The van der Waals surface area contributed by atoms with Gasteiger partial charge in [0.25, 0.3) is 5.91 Å². The first-order chi connectivity index (χ1) is 10.5. The molecule has 1 aromatic heterocycles. The summed E-state index contributed by atoms with van der Waals surface area (Å²) in [5.41, 5.74) is 4.11. The van der Waals surface area contributed by atoms with Crippen LogP contribution in [0, 0.1) is 13.8 Å². The second-order valence-electron chi connectivity index (χ2n) is 5.59. The van der Waals surface area contributed by atoms with E-state index < -0.39 is 0 Å². The maximum atomic E-state index is 12.3. The number of hydrogen-bond donors (Lipinski definition) is 2. The molecule has 122 valence electrons. The lowest BCUT2D eigenvalue weighted by atomic mass is 10.1. The Bertz CT molecular complexity index is 613. The Hall–Kier alpha value is -1.77. The summed E-state index contributed by atoms with van der Waals surface area (Å²) in [6, 6.07) is 6.45. The number of hydrogen-bond acceptors (Lipinski definition) is 1. The first kappa shape index (κ1) is 18.3. The van der Waals surface area contributed by atoms with Gasteiger partial charge in [-0.15, -0.1) is 0 Å². The highest BCUT2D eigenvalue weighted by molar-refractivity contribution is 5.99. The van der Waals surface area contributed by atoms with E-state index in [-0.39, 0.29) is 11.9 Å². The smallest absolute Gasteiger partial charge is 0.267 e. The van der Waals surface area contributed by atoms with E-state index in [9.17, 15) is 4.79 Å². The van der Waals surface area contributed by atoms with Crippen molar-refractivity contribution in [1.29, 1.82) is 0 Å². The SMILES string of the molecule is CC.CCCC(CC)NC(=O)c1cc2c(C)cc(C)cc2[nH]1. The van der Waals surface area contributed by atoms with Crippen molar-refractivity contribution in [2.75, 3.05) is 0 Å². The van der Waals surface area contributed by atoms with Crippen LogP contribution in [-0.4, -0.2) is 16.9 Å². The van der Waals surface area contributed by atoms with Gasteiger partial charge in [-0.2, -0.15) is 0 Å². The van der Waals surface area contributed by atoms with Crippen molar-refractivity contribution in [3.8, 4) is 0 Å². The van der Waals surface area contributed by atoms with Gasteiger partial charge in [-0.3, -0.25) is 4.79 Å². The number of carbonyl (C=O) groups is 1. The van der Waals surface area contributed by atoms with Crippen LogP contribution < -0.4 is 5.32 Å². The van der Waals surface area contributed by atoms with Gasteiger partial charge < -0.3 is 10.3 Å². The van der Waals surface area contributed by atoms with Crippen LogP contribution in [0.2, 0.25) is 0 Å². The molecule has 1 heterocycles. The number of aromatic nitrogens is 1. The van der Waals surface area contributed by atoms with Gasteiger partial charge in [0, 0.05) is 16.9 Å². The van der Waals surface area contributed by atoms with Crippen molar-refractivity contribution >= 4 is 16.8 Å². The lowest BCUT2D eigenvalue weighted by Gasteiger charge is -2.15. The first-order valence-electron chi connectivity index (χ1n) is 8.46. The first-order valence-corrected chi connectivity index (χ1v) is 8.46. The van der Waals surface area contributed by atoms with Crippen LogP contribution in [0.4, 0.5) is 0 Å². The van der Waals surface area contributed by atoms with Crippen molar-refractivity contribution in [3.05, 3.63) is 35.0 Å². The molecule has 0 radical (unpaired) electrons. The van der Waals surface area contributed by atoms with Gasteiger partial charge in [-0.25, -0.2) is 0 Å². The van der Waals surface area contributed by atoms with Crippen LogP contribution in [0.25, 0.3) is 10.9 Å². The summed E-state index contributed by atoms with van der Waals surface area (Å²) in [6.07, 6.45) is 3.09. The molecule has 0 spiro atoms. The zero-order valence-corrected chi connectivity index (χ0v) is 14.8. The third kappa shape index (κ3) is 4.36. The van der Waals surface area contributed by atoms with Gasteiger partial charge in [0.15, 0.2) is 0 Å². The van der Waals surface area contributed by atoms with E-state index in [0.29, 0.717) is 5.69 Å². The van der Waals surface area contributed by atoms with E-state index in [0.717, 1.165) is 30.2 Å². The average molecular weight is 302 g/mol. The topological polar surface area (TPSA) is 44.9 Å². The zero-order valence-electron chi connectivity index (χ0n) is 14.8. The second-order valence-corrected chi connectivity index (χ2v) is 5.59. The largest absolute Gasteiger partial charge is 0.351 e. The third-order valence-electron chi connectivity index (χ3n) is 3.80. The fourth-order valence-corrected chi connectivity index (χ4v) is 2.71. The molecule has 0 aliphatic carbocycles. The number of carbonyl (C=O) groups excluding carboxylic acids is 1. The number of aryl methyl sites for hydroxylation is 2. The molecule has 22 heavy (non-hydrogen) atoms. The number of nitrogens with one attached hydrogen (secondary N) is 2. The molecule has 3 heteroatoms. The van der Waals surface area contributed by atoms with Crippen LogP contribution in [0.5, 0.6) is 0 Å². The molecule has 0 aliphatic rings. The molecule has 3 nitrogen and oxygen atoms in total. The summed E-state index contributed by atoms with van der Waals surface area (Å²) in [7, 11) is 0. The Morgan fingerprint density at radius 1 is 1.18 bits per heavy atom. The second kappa shape index (κ2) is 8.62. The van der Waals surface area contributed by atoms with Gasteiger partial charge >= 0.3 is 0 Å². The van der Waals surface area contributed by atoms with Crippen molar-refractivity contribution in [1.82, 2.24) is 10.3 Å². The maximum Gasteiger partial charge on any atom is 0.267 e. The number of amides is 1. The molecule has 2 rings (SSSR count). The van der Waals surface area contributed by atoms with Crippen LogP contribution in [0.3, 0.4) is 0 Å². The zero-order chi connectivity index (χ0) is 16.7. The Labute approximate surface area is 134 Å². The van der Waals surface area contributed by atoms with Crippen molar-refractivity contribution in [2.45, 2.75) is 66.8 Å². The molecule has 2 aromatic rings. The van der Waals surface area contributed by atoms with Crippen LogP contribution in [0.1, 0.15) is 68.6 Å².